The highest BCUT2D eigenvalue weighted by atomic mass is 28.3. The van der Waals surface area contributed by atoms with Crippen LogP contribution in [0.5, 0.6) is 5.75 Å². The van der Waals surface area contributed by atoms with Gasteiger partial charge in [0.15, 0.2) is 0 Å². The van der Waals surface area contributed by atoms with Gasteiger partial charge in [-0.1, -0.05) is 135 Å². The fraction of sp³-hybridized carbons (Fsp3) is 0.0769. The average Bonchev–Trinajstić information content (AvgIpc) is 3.78. The first-order chi connectivity index (χ1) is 28.2. The molecule has 0 aliphatic rings. The molecule has 0 fully saturated rings. The molecule has 3 heterocycles. The van der Waals surface area contributed by atoms with Crippen molar-refractivity contribution in [1.82, 2.24) is 19.1 Å². The molecule has 0 spiro atoms. The molecule has 1 N–H and O–H groups in total. The number of fused-ring (bicyclic) bond motifs is 4. The molecule has 10 aromatic rings. The van der Waals surface area contributed by atoms with Gasteiger partial charge in [0.05, 0.1) is 41.4 Å². The summed E-state index contributed by atoms with van der Waals surface area (Å²) in [5.41, 5.74) is 13.6. The summed E-state index contributed by atoms with van der Waals surface area (Å²) in [7, 11) is 0.531. The van der Waals surface area contributed by atoms with E-state index in [-0.39, 0.29) is 5.75 Å². The summed E-state index contributed by atoms with van der Waals surface area (Å²) >= 11 is 0. The normalized spacial score (nSPS) is 11.9. The van der Waals surface area contributed by atoms with Crippen molar-refractivity contribution in [3.63, 3.8) is 0 Å². The van der Waals surface area contributed by atoms with Crippen LogP contribution >= 0.6 is 0 Å². The fourth-order valence-corrected chi connectivity index (χ4v) is 9.42. The third-order valence-corrected chi connectivity index (χ3v) is 13.5. The number of hydrogen-bond acceptors (Lipinski definition) is 3. The number of aromatic nitrogens is 4. The predicted octanol–water partition coefficient (Wildman–Crippen LogP) is 12.7. The Morgan fingerprint density at radius 2 is 1.09 bits per heavy atom. The maximum atomic E-state index is 12.3. The van der Waals surface area contributed by atoms with Gasteiger partial charge in [0.1, 0.15) is 11.6 Å². The maximum Gasteiger partial charge on any atom is 0.144 e. The van der Waals surface area contributed by atoms with Crippen LogP contribution in [0.3, 0.4) is 0 Å². The van der Waals surface area contributed by atoms with Crippen molar-refractivity contribution in [3.8, 4) is 67.5 Å². The van der Waals surface area contributed by atoms with Crippen molar-refractivity contribution in [2.45, 2.75) is 19.6 Å². The molecule has 6 heteroatoms. The molecule has 0 atom stereocenters. The molecule has 0 aliphatic carbocycles. The first-order valence-corrected chi connectivity index (χ1v) is 23.3. The van der Waals surface area contributed by atoms with Crippen LogP contribution in [0.4, 0.5) is 0 Å². The first-order valence-electron chi connectivity index (χ1n) is 19.8. The van der Waals surface area contributed by atoms with Gasteiger partial charge in [-0.2, -0.15) is 0 Å². The standard InChI is InChI=1S/C52H42N4OSi/c1-55-49-25-15-22-41(37-28-36(34-16-7-5-8-17-34)29-38(30-37)46-27-26-40(33-53-46)58(2,3)4)50(49)54-52(55)45-32-39(31-44(51(45)57)35-18-9-6-10-19-35)56-47-23-13-11-20-42(47)43-21-12-14-24-48(43)56/h5-33,57H,1-4H3. The lowest BCUT2D eigenvalue weighted by atomic mass is 9.94. The van der Waals surface area contributed by atoms with Crippen molar-refractivity contribution in [3.05, 3.63) is 176 Å². The van der Waals surface area contributed by atoms with Crippen LogP contribution in [-0.2, 0) is 7.05 Å². The van der Waals surface area contributed by atoms with Crippen LogP contribution in [0.1, 0.15) is 0 Å². The molecular formula is C52H42N4OSi. The maximum absolute atomic E-state index is 12.3. The number of rotatable bonds is 7. The molecule has 7 aromatic carbocycles. The highest BCUT2D eigenvalue weighted by molar-refractivity contribution is 6.88. The Kier molecular flexibility index (Phi) is 8.46. The minimum atomic E-state index is -1.51. The Hall–Kier alpha value is -7.02. The number of aryl methyl sites for hydroxylation is 1. The summed E-state index contributed by atoms with van der Waals surface area (Å²) < 4.78 is 4.41. The second kappa shape index (κ2) is 13.9. The summed E-state index contributed by atoms with van der Waals surface area (Å²) in [6, 6.07) is 59.4. The number of para-hydroxylation sites is 3. The molecule has 0 unspecified atom stereocenters. The van der Waals surface area contributed by atoms with Crippen LogP contribution in [0.25, 0.3) is 94.6 Å². The molecule has 0 aliphatic heterocycles. The van der Waals surface area contributed by atoms with E-state index < -0.39 is 8.07 Å². The third-order valence-electron chi connectivity index (χ3n) is 11.4. The highest BCUT2D eigenvalue weighted by Crippen LogP contribution is 2.44. The Morgan fingerprint density at radius 3 is 1.74 bits per heavy atom. The average molecular weight is 767 g/mol. The van der Waals surface area contributed by atoms with Crippen molar-refractivity contribution in [1.29, 1.82) is 0 Å². The van der Waals surface area contributed by atoms with Crippen LogP contribution < -0.4 is 5.19 Å². The number of phenols is 1. The Morgan fingerprint density at radius 1 is 0.500 bits per heavy atom. The van der Waals surface area contributed by atoms with E-state index in [0.717, 1.165) is 72.4 Å². The summed E-state index contributed by atoms with van der Waals surface area (Å²) in [6.07, 6.45) is 2.06. The minimum Gasteiger partial charge on any atom is -0.507 e. The summed E-state index contributed by atoms with van der Waals surface area (Å²) in [4.78, 5) is 10.4. The van der Waals surface area contributed by atoms with Crippen molar-refractivity contribution >= 4 is 46.1 Å². The molecule has 0 bridgehead atoms. The van der Waals surface area contributed by atoms with Crippen molar-refractivity contribution in [2.75, 3.05) is 0 Å². The number of hydrogen-bond donors (Lipinski definition) is 1. The van der Waals surface area contributed by atoms with E-state index in [0.29, 0.717) is 11.4 Å². The third kappa shape index (κ3) is 6.01. The molecule has 58 heavy (non-hydrogen) atoms. The van der Waals surface area contributed by atoms with Crippen LogP contribution in [0.15, 0.2) is 176 Å². The van der Waals surface area contributed by atoms with Gasteiger partial charge in [-0.3, -0.25) is 4.98 Å². The molecule has 0 saturated heterocycles. The summed E-state index contributed by atoms with van der Waals surface area (Å²) in [6.45, 7) is 7.05. The van der Waals surface area contributed by atoms with Gasteiger partial charge in [0, 0.05) is 46.4 Å². The molecule has 280 valence electrons. The van der Waals surface area contributed by atoms with Gasteiger partial charge in [0.25, 0.3) is 0 Å². The quantitative estimate of drug-likeness (QED) is 0.164. The van der Waals surface area contributed by atoms with E-state index in [1.54, 1.807) is 0 Å². The van der Waals surface area contributed by atoms with E-state index in [1.165, 1.54) is 16.0 Å². The zero-order valence-corrected chi connectivity index (χ0v) is 34.0. The topological polar surface area (TPSA) is 55.9 Å². The van der Waals surface area contributed by atoms with Crippen LogP contribution in [0, 0.1) is 0 Å². The van der Waals surface area contributed by atoms with Crippen LogP contribution in [0.2, 0.25) is 19.6 Å². The van der Waals surface area contributed by atoms with E-state index in [4.69, 9.17) is 9.97 Å². The second-order valence-corrected chi connectivity index (χ2v) is 21.2. The summed E-state index contributed by atoms with van der Waals surface area (Å²) in [5.74, 6) is 0.875. The number of pyridine rings is 1. The van der Waals surface area contributed by atoms with Gasteiger partial charge in [0.2, 0.25) is 0 Å². The van der Waals surface area contributed by atoms with E-state index in [2.05, 4.69) is 174 Å². The zero-order valence-electron chi connectivity index (χ0n) is 33.0. The monoisotopic (exact) mass is 766 g/mol. The van der Waals surface area contributed by atoms with Gasteiger partial charge >= 0.3 is 0 Å². The van der Waals surface area contributed by atoms with E-state index in [1.807, 2.05) is 37.4 Å². The van der Waals surface area contributed by atoms with Crippen LogP contribution in [-0.4, -0.2) is 32.3 Å². The molecule has 5 nitrogen and oxygen atoms in total. The van der Waals surface area contributed by atoms with E-state index in [9.17, 15) is 5.11 Å². The first kappa shape index (κ1) is 35.4. The molecular weight excluding hydrogens is 725 g/mol. The number of phenolic OH excluding ortho intramolecular Hbond substituents is 1. The fourth-order valence-electron chi connectivity index (χ4n) is 8.38. The number of benzene rings is 7. The molecule has 0 amide bonds. The van der Waals surface area contributed by atoms with Gasteiger partial charge in [-0.05, 0) is 82.0 Å². The van der Waals surface area contributed by atoms with E-state index >= 15 is 0 Å². The van der Waals surface area contributed by atoms with Gasteiger partial charge < -0.3 is 14.2 Å². The molecule has 0 saturated carbocycles. The molecule has 3 aromatic heterocycles. The van der Waals surface area contributed by atoms with Gasteiger partial charge in [-0.25, -0.2) is 4.98 Å². The lowest BCUT2D eigenvalue weighted by Crippen LogP contribution is -2.37. The minimum absolute atomic E-state index is 0.192. The Bertz CT molecular complexity index is 3100. The largest absolute Gasteiger partial charge is 0.507 e. The van der Waals surface area contributed by atoms with Crippen molar-refractivity contribution < 1.29 is 5.11 Å². The summed E-state index contributed by atoms with van der Waals surface area (Å²) in [5, 5.41) is 16.0. The second-order valence-electron chi connectivity index (χ2n) is 16.1. The predicted molar refractivity (Wildman–Crippen MR) is 245 cm³/mol. The SMILES string of the molecule is Cn1c(-c2cc(-n3c4ccccc4c4ccccc43)cc(-c3ccccc3)c2O)nc2c(-c3cc(-c4ccccc4)cc(-c4ccc([Si](C)(C)C)cn4)c3)cccc21. The smallest absolute Gasteiger partial charge is 0.144 e. The lowest BCUT2D eigenvalue weighted by Gasteiger charge is -2.16. The Labute approximate surface area is 339 Å². The zero-order chi connectivity index (χ0) is 39.5. The molecule has 10 rings (SSSR count). The number of imidazole rings is 1. The highest BCUT2D eigenvalue weighted by Gasteiger charge is 2.23. The van der Waals surface area contributed by atoms with Crippen molar-refractivity contribution in [2.24, 2.45) is 7.05 Å². The Balaban J connectivity index is 1.19. The molecule has 0 radical (unpaired) electrons. The number of nitrogens with zero attached hydrogens (tertiary/aromatic N) is 4. The van der Waals surface area contributed by atoms with Gasteiger partial charge in [-0.15, -0.1) is 0 Å². The number of aromatic hydroxyl groups is 1. The lowest BCUT2D eigenvalue weighted by molar-refractivity contribution is 0.478.